The van der Waals surface area contributed by atoms with Gasteiger partial charge in [0.05, 0.1) is 6.61 Å². The van der Waals surface area contributed by atoms with Crippen molar-refractivity contribution in [3.8, 4) is 0 Å². The molecule has 1 aliphatic rings. The Bertz CT molecular complexity index is 1190. The summed E-state index contributed by atoms with van der Waals surface area (Å²) in [7, 11) is -5.37. The number of carbonyl (C=O) groups excluding carboxylic acids is 3. The Morgan fingerprint density at radius 2 is 0.984 bits per heavy atom. The van der Waals surface area contributed by atoms with Crippen LogP contribution in [0.1, 0.15) is 245 Å². The summed E-state index contributed by atoms with van der Waals surface area (Å²) in [5.41, 5.74) is -2.86. The Morgan fingerprint density at radius 3 is 1.37 bits per heavy atom. The molecule has 1 saturated heterocycles. The number of amides is 1. The highest BCUT2D eigenvalue weighted by Gasteiger charge is 2.61. The van der Waals surface area contributed by atoms with Crippen molar-refractivity contribution in [3.05, 3.63) is 0 Å². The molecule has 1 aliphatic heterocycles. The summed E-state index contributed by atoms with van der Waals surface area (Å²) in [5.74, 6) is -2.39. The molecule has 0 aromatic rings. The van der Waals surface area contributed by atoms with Crippen LogP contribution < -0.4 is 5.32 Å². The summed E-state index contributed by atoms with van der Waals surface area (Å²) in [6, 6.07) is -2.01. The predicted molar refractivity (Wildman–Crippen MR) is 245 cm³/mol. The fourth-order valence-electron chi connectivity index (χ4n) is 8.49. The third kappa shape index (κ3) is 26.5. The van der Waals surface area contributed by atoms with Gasteiger partial charge in [0, 0.05) is 12.8 Å². The topological polar surface area (TPSA) is 209 Å². The Balaban J connectivity index is 3.04. The zero-order chi connectivity index (χ0) is 45.9. The van der Waals surface area contributed by atoms with E-state index in [0.29, 0.717) is 25.7 Å². The second kappa shape index (κ2) is 36.7. The second-order valence-corrected chi connectivity index (χ2v) is 19.2. The molecule has 0 aromatic carbocycles. The molecule has 1 heterocycles. The standard InChI is InChI=1S/C48H92NO12P/c1-4-7-10-13-16-19-22-25-28-31-34-37-42(51)48(55)44(47(61-62(56,57)58)60-41(39-50)45(48)53)49-46(54)40(36-33-30-27-24-21-18-15-12-9-6-3)59-43(52)38-35-32-29-26-23-20-17-14-11-8-5-2/h40-41,44-45,47,50,53,55H,4-39H2,1-3H3,(H,49,54)(H2,56,57,58)/t40?,41-,44+,45-,47?,48-/m1/s1. The van der Waals surface area contributed by atoms with E-state index in [1.54, 1.807) is 0 Å². The first-order chi connectivity index (χ1) is 29.8. The van der Waals surface area contributed by atoms with Gasteiger partial charge >= 0.3 is 13.8 Å². The number of carbonyl (C=O) groups is 3. The van der Waals surface area contributed by atoms with Crippen LogP contribution in [-0.4, -0.2) is 85.6 Å². The minimum absolute atomic E-state index is 0.105. The van der Waals surface area contributed by atoms with Crippen LogP contribution in [0.3, 0.4) is 0 Å². The number of aliphatic hydroxyl groups is 3. The summed E-state index contributed by atoms with van der Waals surface area (Å²) < 4.78 is 28.2. The largest absolute Gasteiger partial charge is 0.472 e. The predicted octanol–water partition coefficient (Wildman–Crippen LogP) is 10.6. The van der Waals surface area contributed by atoms with Gasteiger partial charge in [0.15, 0.2) is 23.8 Å². The van der Waals surface area contributed by atoms with Crippen LogP contribution >= 0.6 is 7.82 Å². The highest BCUT2D eigenvalue weighted by molar-refractivity contribution is 7.46. The van der Waals surface area contributed by atoms with Gasteiger partial charge in [-0.15, -0.1) is 0 Å². The molecule has 62 heavy (non-hydrogen) atoms. The van der Waals surface area contributed by atoms with E-state index in [9.17, 15) is 44.1 Å². The van der Waals surface area contributed by atoms with Gasteiger partial charge in [-0.25, -0.2) is 4.57 Å². The molecule has 2 unspecified atom stereocenters. The summed E-state index contributed by atoms with van der Waals surface area (Å²) in [6.07, 6.45) is 26.8. The number of phosphoric acid groups is 1. The first-order valence-electron chi connectivity index (χ1n) is 25.3. The maximum Gasteiger partial charge on any atom is 0.472 e. The summed E-state index contributed by atoms with van der Waals surface area (Å²) in [6.45, 7) is 5.67. The van der Waals surface area contributed by atoms with Gasteiger partial charge in [-0.05, 0) is 25.7 Å². The Labute approximate surface area is 376 Å². The Kier molecular flexibility index (Phi) is 34.7. The van der Waals surface area contributed by atoms with E-state index in [1.165, 1.54) is 103 Å². The molecule has 1 amide bonds. The van der Waals surface area contributed by atoms with Crippen molar-refractivity contribution < 1.29 is 58.1 Å². The van der Waals surface area contributed by atoms with Crippen molar-refractivity contribution >= 4 is 25.5 Å². The lowest BCUT2D eigenvalue weighted by molar-refractivity contribution is -0.274. The number of phosphoric ester groups is 1. The van der Waals surface area contributed by atoms with Crippen molar-refractivity contribution in [2.45, 2.75) is 282 Å². The fraction of sp³-hybridized carbons (Fsp3) is 0.938. The van der Waals surface area contributed by atoms with Crippen molar-refractivity contribution in [3.63, 3.8) is 0 Å². The zero-order valence-corrected chi connectivity index (χ0v) is 40.3. The molecular formula is C48H92NO12P. The van der Waals surface area contributed by atoms with Crippen LogP contribution in [0.4, 0.5) is 0 Å². The molecule has 1 rings (SSSR count). The van der Waals surface area contributed by atoms with E-state index in [-0.39, 0.29) is 19.3 Å². The molecule has 0 bridgehead atoms. The molecule has 0 spiro atoms. The molecule has 0 aliphatic carbocycles. The lowest BCUT2D eigenvalue weighted by atomic mass is 9.77. The number of nitrogens with one attached hydrogen (secondary N) is 1. The third-order valence-electron chi connectivity index (χ3n) is 12.4. The van der Waals surface area contributed by atoms with E-state index < -0.39 is 68.3 Å². The van der Waals surface area contributed by atoms with Gasteiger partial charge in [0.2, 0.25) is 0 Å². The highest BCUT2D eigenvalue weighted by Crippen LogP contribution is 2.43. The average Bonchev–Trinajstić information content (AvgIpc) is 3.24. The summed E-state index contributed by atoms with van der Waals surface area (Å²) in [5, 5.41) is 35.9. The summed E-state index contributed by atoms with van der Waals surface area (Å²) in [4.78, 5) is 60.8. The van der Waals surface area contributed by atoms with Crippen LogP contribution in [0.15, 0.2) is 0 Å². The van der Waals surface area contributed by atoms with Crippen LogP contribution in [0.25, 0.3) is 0 Å². The number of unbranched alkanes of at least 4 members (excludes halogenated alkanes) is 29. The SMILES string of the molecule is CCCCCCCCCCCCCC(=O)OC(CCCCCCCCCCCC)C(=O)N[C@H]1C(OP(=O)(O)O)O[C@H](CO)[C@@H](O)[C@@]1(O)C(=O)CCCCCCCCCCCCC. The van der Waals surface area contributed by atoms with E-state index in [1.807, 2.05) is 0 Å². The molecular weight excluding hydrogens is 813 g/mol. The maximum atomic E-state index is 14.1. The summed E-state index contributed by atoms with van der Waals surface area (Å²) >= 11 is 0. The van der Waals surface area contributed by atoms with Crippen molar-refractivity contribution in [1.29, 1.82) is 0 Å². The molecule has 14 heteroatoms. The Hall–Kier alpha value is -1.44. The van der Waals surface area contributed by atoms with E-state index in [2.05, 4.69) is 26.1 Å². The number of ether oxygens (including phenoxy) is 2. The molecule has 1 fully saturated rings. The molecule has 6 atom stereocenters. The highest BCUT2D eigenvalue weighted by atomic mass is 31.2. The van der Waals surface area contributed by atoms with Crippen LogP contribution in [0.2, 0.25) is 0 Å². The quantitative estimate of drug-likeness (QED) is 0.0192. The Morgan fingerprint density at radius 1 is 0.613 bits per heavy atom. The van der Waals surface area contributed by atoms with Gasteiger partial charge in [0.1, 0.15) is 18.2 Å². The number of aliphatic hydroxyl groups excluding tert-OH is 2. The molecule has 0 aromatic heterocycles. The smallest absolute Gasteiger partial charge is 0.452 e. The second-order valence-electron chi connectivity index (χ2n) is 18.0. The van der Waals surface area contributed by atoms with Crippen molar-refractivity contribution in [2.75, 3.05) is 6.61 Å². The van der Waals surface area contributed by atoms with Crippen LogP contribution in [0.5, 0.6) is 0 Å². The first kappa shape index (κ1) is 58.6. The van der Waals surface area contributed by atoms with Gasteiger partial charge in [-0.2, -0.15) is 0 Å². The number of Topliss-reactive ketones (excluding diaryl/α,β-unsaturated/α-hetero) is 1. The van der Waals surface area contributed by atoms with Gasteiger partial charge in [0.25, 0.3) is 5.91 Å². The van der Waals surface area contributed by atoms with Gasteiger partial charge in [-0.3, -0.25) is 18.9 Å². The van der Waals surface area contributed by atoms with E-state index >= 15 is 0 Å². The number of rotatable bonds is 42. The molecule has 0 radical (unpaired) electrons. The number of ketones is 1. The fourth-order valence-corrected chi connectivity index (χ4v) is 8.93. The average molecular weight is 906 g/mol. The number of esters is 1. The lowest BCUT2D eigenvalue weighted by Gasteiger charge is -2.49. The molecule has 6 N–H and O–H groups in total. The number of hydrogen-bond acceptors (Lipinski definition) is 10. The van der Waals surface area contributed by atoms with Gasteiger partial charge in [-0.1, -0.05) is 207 Å². The minimum Gasteiger partial charge on any atom is -0.452 e. The van der Waals surface area contributed by atoms with Crippen LogP contribution in [-0.2, 0) is 32.9 Å². The molecule has 13 nitrogen and oxygen atoms in total. The zero-order valence-electron chi connectivity index (χ0n) is 39.4. The van der Waals surface area contributed by atoms with E-state index in [4.69, 9.17) is 14.0 Å². The minimum atomic E-state index is -5.37. The monoisotopic (exact) mass is 906 g/mol. The normalized spacial score (nSPS) is 20.9. The first-order valence-corrected chi connectivity index (χ1v) is 26.8. The lowest BCUT2D eigenvalue weighted by Crippen LogP contribution is -2.75. The van der Waals surface area contributed by atoms with E-state index in [0.717, 1.165) is 77.0 Å². The van der Waals surface area contributed by atoms with Gasteiger partial charge < -0.3 is 39.9 Å². The van der Waals surface area contributed by atoms with Crippen LogP contribution in [0, 0.1) is 0 Å². The number of hydrogen-bond donors (Lipinski definition) is 6. The molecule has 366 valence electrons. The van der Waals surface area contributed by atoms with Crippen molar-refractivity contribution in [1.82, 2.24) is 5.32 Å². The third-order valence-corrected chi connectivity index (χ3v) is 12.9. The molecule has 0 saturated carbocycles. The maximum absolute atomic E-state index is 14.1. The van der Waals surface area contributed by atoms with Crippen molar-refractivity contribution in [2.24, 2.45) is 0 Å².